The van der Waals surface area contributed by atoms with E-state index in [2.05, 4.69) is 24.1 Å². The summed E-state index contributed by atoms with van der Waals surface area (Å²) in [4.78, 5) is 16.8. The number of anilines is 1. The number of aromatic nitrogens is 1. The fourth-order valence-corrected chi connectivity index (χ4v) is 3.99. The highest BCUT2D eigenvalue weighted by Gasteiger charge is 2.25. The van der Waals surface area contributed by atoms with Gasteiger partial charge < -0.3 is 11.1 Å². The second kappa shape index (κ2) is 8.45. The molecule has 3 rings (SSSR count). The third-order valence-corrected chi connectivity index (χ3v) is 5.48. The van der Waals surface area contributed by atoms with E-state index in [9.17, 15) is 4.79 Å². The number of nitrogens with zero attached hydrogens (tertiary/aromatic N) is 1. The molecule has 1 aliphatic carbocycles. The maximum atomic E-state index is 12.5. The van der Waals surface area contributed by atoms with Crippen LogP contribution in [0.4, 0.5) is 5.69 Å². The van der Waals surface area contributed by atoms with Gasteiger partial charge in [-0.15, -0.1) is 0 Å². The second-order valence-corrected chi connectivity index (χ2v) is 7.49. The summed E-state index contributed by atoms with van der Waals surface area (Å²) < 4.78 is 0. The Morgan fingerprint density at radius 3 is 2.19 bits per heavy atom. The number of pyridine rings is 1. The molecule has 1 atom stereocenters. The Balaban J connectivity index is 1.68. The van der Waals surface area contributed by atoms with Gasteiger partial charge in [-0.25, -0.2) is 0 Å². The van der Waals surface area contributed by atoms with Crippen molar-refractivity contribution in [3.8, 4) is 11.1 Å². The van der Waals surface area contributed by atoms with Crippen LogP contribution in [0.15, 0.2) is 36.7 Å². The van der Waals surface area contributed by atoms with E-state index in [-0.39, 0.29) is 5.91 Å². The van der Waals surface area contributed by atoms with Crippen LogP contribution in [0.2, 0.25) is 0 Å². The van der Waals surface area contributed by atoms with Crippen LogP contribution in [0.5, 0.6) is 0 Å². The molecule has 1 aromatic heterocycles. The third-order valence-electron chi connectivity index (χ3n) is 5.48. The zero-order valence-electron chi connectivity index (χ0n) is 15.8. The van der Waals surface area contributed by atoms with Gasteiger partial charge in [0, 0.05) is 18.1 Å². The first-order valence-corrected chi connectivity index (χ1v) is 9.64. The number of carbonyl (C=O) groups excluding carboxylic acids is 1. The van der Waals surface area contributed by atoms with Crippen LogP contribution < -0.4 is 11.1 Å². The van der Waals surface area contributed by atoms with E-state index in [0.29, 0.717) is 5.92 Å². The summed E-state index contributed by atoms with van der Waals surface area (Å²) in [6, 6.07) is 7.57. The zero-order valence-corrected chi connectivity index (χ0v) is 15.8. The molecule has 138 valence electrons. The highest BCUT2D eigenvalue weighted by molar-refractivity contribution is 5.95. The number of hydrogen-bond acceptors (Lipinski definition) is 3. The summed E-state index contributed by atoms with van der Waals surface area (Å²) in [7, 11) is 0. The molecule has 0 bridgehead atoms. The smallest absolute Gasteiger partial charge is 0.241 e. The summed E-state index contributed by atoms with van der Waals surface area (Å²) in [6.07, 6.45) is 10.8. The summed E-state index contributed by atoms with van der Waals surface area (Å²) in [5.41, 5.74) is 11.7. The monoisotopic (exact) mass is 351 g/mol. The van der Waals surface area contributed by atoms with Crippen molar-refractivity contribution in [1.82, 2.24) is 4.98 Å². The second-order valence-electron chi connectivity index (χ2n) is 7.49. The zero-order chi connectivity index (χ0) is 18.5. The fourth-order valence-electron chi connectivity index (χ4n) is 3.99. The molecule has 0 spiro atoms. The minimum atomic E-state index is -0.419. The van der Waals surface area contributed by atoms with Gasteiger partial charge in [-0.3, -0.25) is 9.78 Å². The van der Waals surface area contributed by atoms with Gasteiger partial charge in [-0.05, 0) is 67.0 Å². The van der Waals surface area contributed by atoms with Crippen molar-refractivity contribution in [2.75, 3.05) is 5.32 Å². The largest absolute Gasteiger partial charge is 0.325 e. The first kappa shape index (κ1) is 18.6. The summed E-state index contributed by atoms with van der Waals surface area (Å²) in [6.45, 7) is 4.13. The van der Waals surface area contributed by atoms with Crippen molar-refractivity contribution in [3.05, 3.63) is 47.8 Å². The molecule has 3 N–H and O–H groups in total. The van der Waals surface area contributed by atoms with E-state index in [0.717, 1.165) is 35.2 Å². The van der Waals surface area contributed by atoms with Gasteiger partial charge >= 0.3 is 0 Å². The molecule has 1 aromatic carbocycles. The first-order chi connectivity index (χ1) is 12.6. The van der Waals surface area contributed by atoms with E-state index in [1.165, 1.54) is 31.2 Å². The Morgan fingerprint density at radius 2 is 1.62 bits per heavy atom. The van der Waals surface area contributed by atoms with Gasteiger partial charge in [0.15, 0.2) is 0 Å². The van der Waals surface area contributed by atoms with E-state index in [1.807, 2.05) is 36.7 Å². The predicted octanol–water partition coefficient (Wildman–Crippen LogP) is 4.60. The van der Waals surface area contributed by atoms with Gasteiger partial charge in [-0.2, -0.15) is 0 Å². The molecule has 4 heteroatoms. The van der Waals surface area contributed by atoms with E-state index in [4.69, 9.17) is 5.73 Å². The third kappa shape index (κ3) is 4.31. The van der Waals surface area contributed by atoms with E-state index in [1.54, 1.807) is 0 Å². The number of nitrogens with two attached hydrogens (primary N) is 1. The van der Waals surface area contributed by atoms with Crippen LogP contribution in [0.25, 0.3) is 11.1 Å². The van der Waals surface area contributed by atoms with Gasteiger partial charge in [0.05, 0.1) is 6.04 Å². The van der Waals surface area contributed by atoms with Crippen LogP contribution >= 0.6 is 0 Å². The van der Waals surface area contributed by atoms with Crippen LogP contribution in [0.1, 0.15) is 49.7 Å². The molecular weight excluding hydrogens is 322 g/mol. The Kier molecular flexibility index (Phi) is 6.04. The van der Waals surface area contributed by atoms with Crippen LogP contribution in [-0.2, 0) is 4.79 Å². The molecule has 1 aliphatic rings. The predicted molar refractivity (Wildman–Crippen MR) is 107 cm³/mol. The molecule has 1 fully saturated rings. The molecule has 0 radical (unpaired) electrons. The molecular formula is C22H29N3O. The van der Waals surface area contributed by atoms with Crippen molar-refractivity contribution in [2.24, 2.45) is 11.7 Å². The van der Waals surface area contributed by atoms with Crippen LogP contribution in [-0.4, -0.2) is 16.9 Å². The van der Waals surface area contributed by atoms with Gasteiger partial charge in [-0.1, -0.05) is 37.8 Å². The topological polar surface area (TPSA) is 68.0 Å². The molecule has 1 unspecified atom stereocenters. The number of hydrogen-bond donors (Lipinski definition) is 2. The lowest BCUT2D eigenvalue weighted by Crippen LogP contribution is -2.41. The molecule has 4 nitrogen and oxygen atoms in total. The van der Waals surface area contributed by atoms with Crippen molar-refractivity contribution in [1.29, 1.82) is 0 Å². The van der Waals surface area contributed by atoms with Gasteiger partial charge in [0.1, 0.15) is 0 Å². The standard InChI is InChI=1S/C22H29N3O/c1-15-13-24-14-16(2)20(15)17-9-11-19(12-10-17)25-22(26)21(23)18-7-5-3-4-6-8-18/h9-14,18,21H,3-8,23H2,1-2H3,(H,25,26). The Bertz CT molecular complexity index is 726. The van der Waals surface area contributed by atoms with Crippen molar-refractivity contribution in [3.63, 3.8) is 0 Å². The highest BCUT2D eigenvalue weighted by atomic mass is 16.2. The van der Waals surface area contributed by atoms with Crippen molar-refractivity contribution >= 4 is 11.6 Å². The SMILES string of the molecule is Cc1cncc(C)c1-c1ccc(NC(=O)C(N)C2CCCCCC2)cc1. The normalized spacial score (nSPS) is 16.7. The Labute approximate surface area is 156 Å². The van der Waals surface area contributed by atoms with Crippen molar-refractivity contribution in [2.45, 2.75) is 58.4 Å². The number of benzene rings is 1. The summed E-state index contributed by atoms with van der Waals surface area (Å²) in [5, 5.41) is 2.99. The number of amides is 1. The van der Waals surface area contributed by atoms with Gasteiger partial charge in [0.25, 0.3) is 0 Å². The molecule has 0 aliphatic heterocycles. The molecule has 1 amide bonds. The van der Waals surface area contributed by atoms with Crippen LogP contribution in [0, 0.1) is 19.8 Å². The molecule has 1 heterocycles. The minimum Gasteiger partial charge on any atom is -0.325 e. The van der Waals surface area contributed by atoms with Gasteiger partial charge in [0.2, 0.25) is 5.91 Å². The Morgan fingerprint density at radius 1 is 1.04 bits per heavy atom. The van der Waals surface area contributed by atoms with E-state index < -0.39 is 6.04 Å². The number of rotatable bonds is 4. The van der Waals surface area contributed by atoms with Crippen molar-refractivity contribution < 1.29 is 4.79 Å². The number of nitrogens with one attached hydrogen (secondary N) is 1. The van der Waals surface area contributed by atoms with E-state index >= 15 is 0 Å². The molecule has 1 saturated carbocycles. The maximum Gasteiger partial charge on any atom is 0.241 e. The molecule has 26 heavy (non-hydrogen) atoms. The number of aryl methyl sites for hydroxylation is 2. The number of carbonyl (C=O) groups is 1. The Hall–Kier alpha value is -2.20. The van der Waals surface area contributed by atoms with Crippen LogP contribution in [0.3, 0.4) is 0 Å². The summed E-state index contributed by atoms with van der Waals surface area (Å²) in [5.74, 6) is 0.236. The lowest BCUT2D eigenvalue weighted by Gasteiger charge is -2.21. The maximum absolute atomic E-state index is 12.5. The quantitative estimate of drug-likeness (QED) is 0.791. The average molecular weight is 351 g/mol. The first-order valence-electron chi connectivity index (χ1n) is 9.64. The lowest BCUT2D eigenvalue weighted by atomic mass is 9.92. The molecule has 0 saturated heterocycles. The minimum absolute atomic E-state index is 0.0686. The summed E-state index contributed by atoms with van der Waals surface area (Å²) >= 11 is 0. The average Bonchev–Trinajstić information content (AvgIpc) is 2.91. The molecule has 2 aromatic rings. The highest BCUT2D eigenvalue weighted by Crippen LogP contribution is 2.28. The fraction of sp³-hybridized carbons (Fsp3) is 0.455. The lowest BCUT2D eigenvalue weighted by molar-refractivity contribution is -0.118.